The fourth-order valence-electron chi connectivity index (χ4n) is 2.30. The zero-order chi connectivity index (χ0) is 22.6. The van der Waals surface area contributed by atoms with Gasteiger partial charge in [0.1, 0.15) is 25.2 Å². The smallest absolute Gasteiger partial charge is 0.408 e. The second-order valence-corrected chi connectivity index (χ2v) is 7.50. The number of ether oxygens (including phenoxy) is 3. The molecule has 0 saturated heterocycles. The van der Waals surface area contributed by atoms with E-state index in [1.54, 1.807) is 20.8 Å². The molecule has 0 heterocycles. The van der Waals surface area contributed by atoms with E-state index in [1.165, 1.54) is 6.08 Å². The second-order valence-electron chi connectivity index (χ2n) is 7.50. The summed E-state index contributed by atoms with van der Waals surface area (Å²) in [5.74, 6) is -1.87. The quantitative estimate of drug-likeness (QED) is 0.254. The fraction of sp³-hybridized carbons (Fsp3) is 0.455. The summed E-state index contributed by atoms with van der Waals surface area (Å²) in [6.45, 7) is 8.53. The Morgan fingerprint density at radius 1 is 1.07 bits per heavy atom. The highest BCUT2D eigenvalue weighted by atomic mass is 16.6. The van der Waals surface area contributed by atoms with E-state index in [1.807, 2.05) is 30.3 Å². The van der Waals surface area contributed by atoms with E-state index in [9.17, 15) is 19.2 Å². The van der Waals surface area contributed by atoms with Crippen LogP contribution < -0.4 is 5.32 Å². The van der Waals surface area contributed by atoms with Gasteiger partial charge in [0, 0.05) is 6.42 Å². The molecule has 8 nitrogen and oxygen atoms in total. The molecule has 1 N–H and O–H groups in total. The molecule has 0 spiro atoms. The number of carbonyl (C=O) groups is 4. The first kappa shape index (κ1) is 24.9. The van der Waals surface area contributed by atoms with Crippen molar-refractivity contribution in [1.82, 2.24) is 5.32 Å². The third-order valence-electron chi connectivity index (χ3n) is 3.64. The Balaban J connectivity index is 2.65. The van der Waals surface area contributed by atoms with Crippen molar-refractivity contribution in [3.8, 4) is 0 Å². The van der Waals surface area contributed by atoms with Crippen molar-refractivity contribution in [1.29, 1.82) is 0 Å². The molecule has 1 rings (SSSR count). The predicted octanol–water partition coefficient (Wildman–Crippen LogP) is 3.09. The third-order valence-corrected chi connectivity index (χ3v) is 3.64. The number of Topliss-reactive ketones (excluding diaryl/α,β-unsaturated/α-hetero) is 1. The van der Waals surface area contributed by atoms with Gasteiger partial charge in [-0.2, -0.15) is 0 Å². The van der Waals surface area contributed by atoms with Gasteiger partial charge in [-0.05, 0) is 32.8 Å². The maximum absolute atomic E-state index is 12.5. The Bertz CT molecular complexity index is 738. The molecule has 0 unspecified atom stereocenters. The molecular weight excluding hydrogens is 390 g/mol. The number of amides is 1. The van der Waals surface area contributed by atoms with Gasteiger partial charge in [0.2, 0.25) is 0 Å². The summed E-state index contributed by atoms with van der Waals surface area (Å²) in [4.78, 5) is 48.3. The van der Waals surface area contributed by atoms with Crippen molar-refractivity contribution in [3.63, 3.8) is 0 Å². The number of alkyl carbamates (subject to hydrolysis) is 1. The summed E-state index contributed by atoms with van der Waals surface area (Å²) >= 11 is 0. The Kier molecular flexibility index (Phi) is 10.3. The van der Waals surface area contributed by atoms with E-state index >= 15 is 0 Å². The molecule has 0 fully saturated rings. The molecule has 1 aromatic carbocycles. The molecule has 0 saturated carbocycles. The summed E-state index contributed by atoms with van der Waals surface area (Å²) < 4.78 is 15.1. The molecule has 1 aromatic rings. The van der Waals surface area contributed by atoms with Gasteiger partial charge in [-0.1, -0.05) is 43.0 Å². The van der Waals surface area contributed by atoms with E-state index in [4.69, 9.17) is 14.2 Å². The van der Waals surface area contributed by atoms with Crippen LogP contribution in [0.3, 0.4) is 0 Å². The van der Waals surface area contributed by atoms with E-state index in [-0.39, 0.29) is 26.1 Å². The lowest BCUT2D eigenvalue weighted by molar-refractivity contribution is -0.145. The largest absolute Gasteiger partial charge is 0.461 e. The minimum absolute atomic E-state index is 0.0257. The summed E-state index contributed by atoms with van der Waals surface area (Å²) in [5.41, 5.74) is 0.0603. The number of benzene rings is 1. The van der Waals surface area contributed by atoms with Crippen LogP contribution >= 0.6 is 0 Å². The SMILES string of the molecule is C=CCOC(=O)CC(=O)[C@H](CCC(=O)OCc1ccccc1)NC(=O)OC(C)(C)C. The number of nitrogens with one attached hydrogen (secondary N) is 1. The van der Waals surface area contributed by atoms with Crippen LogP contribution in [0.4, 0.5) is 4.79 Å². The Morgan fingerprint density at radius 3 is 2.33 bits per heavy atom. The van der Waals surface area contributed by atoms with Gasteiger partial charge in [-0.3, -0.25) is 14.4 Å². The van der Waals surface area contributed by atoms with E-state index in [0.29, 0.717) is 0 Å². The van der Waals surface area contributed by atoms with Crippen molar-refractivity contribution in [2.75, 3.05) is 6.61 Å². The maximum Gasteiger partial charge on any atom is 0.408 e. The van der Waals surface area contributed by atoms with Gasteiger partial charge in [0.25, 0.3) is 0 Å². The van der Waals surface area contributed by atoms with E-state index in [2.05, 4.69) is 11.9 Å². The maximum atomic E-state index is 12.5. The molecule has 1 amide bonds. The highest BCUT2D eigenvalue weighted by Crippen LogP contribution is 2.10. The number of rotatable bonds is 11. The van der Waals surface area contributed by atoms with Crippen LogP contribution in [0.1, 0.15) is 45.6 Å². The zero-order valence-corrected chi connectivity index (χ0v) is 17.6. The van der Waals surface area contributed by atoms with Crippen molar-refractivity contribution < 1.29 is 33.4 Å². The van der Waals surface area contributed by atoms with Crippen LogP contribution in [-0.4, -0.2) is 42.1 Å². The number of esters is 2. The van der Waals surface area contributed by atoms with Crippen molar-refractivity contribution >= 4 is 23.8 Å². The summed E-state index contributed by atoms with van der Waals surface area (Å²) in [6.07, 6.45) is -0.159. The zero-order valence-electron chi connectivity index (χ0n) is 17.6. The monoisotopic (exact) mass is 419 g/mol. The standard InChI is InChI=1S/C22H29NO7/c1-5-13-28-20(26)14-18(24)17(23-21(27)30-22(2,3)4)11-12-19(25)29-15-16-9-7-6-8-10-16/h5-10,17H,1,11-15H2,2-4H3,(H,23,27)/t17-/m0/s1. The van der Waals surface area contributed by atoms with Crippen molar-refractivity contribution in [2.24, 2.45) is 0 Å². The molecule has 0 aromatic heterocycles. The number of ketones is 1. The van der Waals surface area contributed by atoms with Crippen molar-refractivity contribution in [3.05, 3.63) is 48.6 Å². The Hall–Kier alpha value is -3.16. The van der Waals surface area contributed by atoms with Crippen LogP contribution in [0.5, 0.6) is 0 Å². The molecule has 8 heteroatoms. The molecular formula is C22H29NO7. The average Bonchev–Trinajstić information content (AvgIpc) is 2.67. The van der Waals surface area contributed by atoms with Gasteiger partial charge < -0.3 is 19.5 Å². The molecule has 1 atom stereocenters. The topological polar surface area (TPSA) is 108 Å². The van der Waals surface area contributed by atoms with E-state index < -0.39 is 41.9 Å². The van der Waals surface area contributed by atoms with Crippen LogP contribution in [-0.2, 0) is 35.2 Å². The predicted molar refractivity (Wildman–Crippen MR) is 109 cm³/mol. The molecule has 164 valence electrons. The van der Waals surface area contributed by atoms with Crippen molar-refractivity contribution in [2.45, 2.75) is 58.3 Å². The van der Waals surface area contributed by atoms with Gasteiger partial charge in [0.05, 0.1) is 6.04 Å². The summed E-state index contributed by atoms with van der Waals surface area (Å²) in [7, 11) is 0. The van der Waals surface area contributed by atoms with Gasteiger partial charge in [0.15, 0.2) is 5.78 Å². The summed E-state index contributed by atoms with van der Waals surface area (Å²) in [5, 5.41) is 2.42. The molecule has 0 aliphatic carbocycles. The lowest BCUT2D eigenvalue weighted by Gasteiger charge is -2.23. The van der Waals surface area contributed by atoms with Crippen LogP contribution in [0, 0.1) is 0 Å². The third kappa shape index (κ3) is 11.0. The first-order valence-corrected chi connectivity index (χ1v) is 9.59. The Morgan fingerprint density at radius 2 is 1.73 bits per heavy atom. The minimum Gasteiger partial charge on any atom is -0.461 e. The molecule has 0 aliphatic heterocycles. The fourth-order valence-corrected chi connectivity index (χ4v) is 2.30. The Labute approximate surface area is 176 Å². The summed E-state index contributed by atoms with van der Waals surface area (Å²) in [6, 6.07) is 8.05. The average molecular weight is 419 g/mol. The van der Waals surface area contributed by atoms with Crippen LogP contribution in [0.2, 0.25) is 0 Å². The van der Waals surface area contributed by atoms with Crippen LogP contribution in [0.15, 0.2) is 43.0 Å². The molecule has 0 radical (unpaired) electrons. The van der Waals surface area contributed by atoms with Gasteiger partial charge >= 0.3 is 18.0 Å². The van der Waals surface area contributed by atoms with Gasteiger partial charge in [-0.15, -0.1) is 0 Å². The van der Waals surface area contributed by atoms with Crippen LogP contribution in [0.25, 0.3) is 0 Å². The highest BCUT2D eigenvalue weighted by Gasteiger charge is 2.27. The number of hydrogen-bond donors (Lipinski definition) is 1. The molecule has 0 aliphatic rings. The lowest BCUT2D eigenvalue weighted by atomic mass is 10.0. The highest BCUT2D eigenvalue weighted by molar-refractivity contribution is 5.99. The lowest BCUT2D eigenvalue weighted by Crippen LogP contribution is -2.44. The van der Waals surface area contributed by atoms with E-state index in [0.717, 1.165) is 5.56 Å². The molecule has 30 heavy (non-hydrogen) atoms. The van der Waals surface area contributed by atoms with Gasteiger partial charge in [-0.25, -0.2) is 4.79 Å². The first-order valence-electron chi connectivity index (χ1n) is 9.59. The second kappa shape index (κ2) is 12.4. The first-order chi connectivity index (χ1) is 14.1. The number of hydrogen-bond acceptors (Lipinski definition) is 7. The normalized spacial score (nSPS) is 11.7. The molecule has 0 bridgehead atoms. The minimum atomic E-state index is -1.10. The number of carbonyl (C=O) groups excluding carboxylic acids is 4.